The van der Waals surface area contributed by atoms with Gasteiger partial charge in [0.25, 0.3) is 0 Å². The quantitative estimate of drug-likeness (QED) is 0.897. The number of ketones is 1. The molecule has 3 rings (SSSR count). The van der Waals surface area contributed by atoms with Crippen LogP contribution >= 0.6 is 0 Å². The summed E-state index contributed by atoms with van der Waals surface area (Å²) >= 11 is 0. The number of hydrogen-bond acceptors (Lipinski definition) is 4. The van der Waals surface area contributed by atoms with Gasteiger partial charge >= 0.3 is 6.03 Å². The number of nitrogens with zero attached hydrogens (tertiary/aromatic N) is 2. The number of rotatable bonds is 2. The fraction of sp³-hybridized carbons (Fsp3) is 0.400. The number of anilines is 2. The van der Waals surface area contributed by atoms with Crippen LogP contribution in [0.3, 0.4) is 0 Å². The van der Waals surface area contributed by atoms with Crippen molar-refractivity contribution in [3.8, 4) is 0 Å². The molecule has 6 nitrogen and oxygen atoms in total. The van der Waals surface area contributed by atoms with Gasteiger partial charge in [-0.25, -0.2) is 9.18 Å². The number of urea groups is 1. The third-order valence-electron chi connectivity index (χ3n) is 3.96. The van der Waals surface area contributed by atoms with Gasteiger partial charge in [0.15, 0.2) is 0 Å². The predicted molar refractivity (Wildman–Crippen MR) is 78.4 cm³/mol. The summed E-state index contributed by atoms with van der Waals surface area (Å²) in [5.74, 6) is -0.508. The Kier molecular flexibility index (Phi) is 3.79. The van der Waals surface area contributed by atoms with E-state index < -0.39 is 6.03 Å². The second-order valence-corrected chi connectivity index (χ2v) is 5.42. The molecule has 2 aliphatic rings. The molecular formula is C15H16FN3O3. The summed E-state index contributed by atoms with van der Waals surface area (Å²) in [6.07, 6.45) is 1.03. The number of amides is 3. The largest absolute Gasteiger partial charge is 0.368 e. The zero-order chi connectivity index (χ0) is 15.7. The molecule has 0 spiro atoms. The number of carbonyl (C=O) groups excluding carboxylic acids is 3. The van der Waals surface area contributed by atoms with Crippen LogP contribution in [-0.2, 0) is 9.59 Å². The van der Waals surface area contributed by atoms with Crippen molar-refractivity contribution in [2.24, 2.45) is 0 Å². The fourth-order valence-electron chi connectivity index (χ4n) is 2.72. The SMILES string of the molecule is O=C1CCN(c2cc(N3CCC(=O)NC3=O)ccc2F)CC1. The number of halogens is 1. The first-order valence-corrected chi connectivity index (χ1v) is 7.22. The Hall–Kier alpha value is -2.44. The van der Waals surface area contributed by atoms with Gasteiger partial charge in [0.1, 0.15) is 11.6 Å². The number of benzene rings is 1. The van der Waals surface area contributed by atoms with E-state index in [4.69, 9.17) is 0 Å². The Balaban J connectivity index is 1.85. The number of piperidine rings is 1. The smallest absolute Gasteiger partial charge is 0.328 e. The van der Waals surface area contributed by atoms with Crippen LogP contribution in [0.2, 0.25) is 0 Å². The molecule has 2 aliphatic heterocycles. The van der Waals surface area contributed by atoms with Crippen LogP contribution < -0.4 is 15.1 Å². The van der Waals surface area contributed by atoms with Gasteiger partial charge in [0.2, 0.25) is 5.91 Å². The zero-order valence-electron chi connectivity index (χ0n) is 12.0. The van der Waals surface area contributed by atoms with Crippen LogP contribution in [0, 0.1) is 5.82 Å². The minimum Gasteiger partial charge on any atom is -0.368 e. The third-order valence-corrected chi connectivity index (χ3v) is 3.96. The maximum Gasteiger partial charge on any atom is 0.328 e. The van der Waals surface area contributed by atoms with E-state index in [2.05, 4.69) is 5.32 Å². The van der Waals surface area contributed by atoms with Crippen LogP contribution in [0.4, 0.5) is 20.6 Å². The number of Topliss-reactive ketones (excluding diaryl/α,β-unsaturated/α-hetero) is 1. The maximum atomic E-state index is 14.1. The highest BCUT2D eigenvalue weighted by Crippen LogP contribution is 2.28. The fourth-order valence-corrected chi connectivity index (χ4v) is 2.72. The highest BCUT2D eigenvalue weighted by molar-refractivity contribution is 6.05. The number of carbonyl (C=O) groups is 3. The van der Waals surface area contributed by atoms with E-state index in [-0.39, 0.29) is 30.5 Å². The lowest BCUT2D eigenvalue weighted by Gasteiger charge is -2.31. The van der Waals surface area contributed by atoms with Crippen molar-refractivity contribution in [2.75, 3.05) is 29.4 Å². The molecule has 2 saturated heterocycles. The minimum atomic E-state index is -0.498. The molecule has 0 atom stereocenters. The van der Waals surface area contributed by atoms with Crippen LogP contribution in [0.15, 0.2) is 18.2 Å². The van der Waals surface area contributed by atoms with E-state index in [1.54, 1.807) is 6.07 Å². The lowest BCUT2D eigenvalue weighted by Crippen LogP contribution is -2.49. The average Bonchev–Trinajstić information content (AvgIpc) is 2.49. The van der Waals surface area contributed by atoms with Gasteiger partial charge in [-0.15, -0.1) is 0 Å². The maximum absolute atomic E-state index is 14.1. The van der Waals surface area contributed by atoms with Gasteiger partial charge in [-0.2, -0.15) is 0 Å². The minimum absolute atomic E-state index is 0.182. The highest BCUT2D eigenvalue weighted by atomic mass is 19.1. The summed E-state index contributed by atoms with van der Waals surface area (Å²) in [7, 11) is 0. The Morgan fingerprint density at radius 1 is 1.00 bits per heavy atom. The molecule has 2 fully saturated rings. The summed E-state index contributed by atoms with van der Waals surface area (Å²) < 4.78 is 14.1. The van der Waals surface area contributed by atoms with Gasteiger partial charge < -0.3 is 4.90 Å². The second-order valence-electron chi connectivity index (χ2n) is 5.42. The second kappa shape index (κ2) is 5.75. The third kappa shape index (κ3) is 2.79. The topological polar surface area (TPSA) is 69.7 Å². The van der Waals surface area contributed by atoms with E-state index in [0.717, 1.165) is 0 Å². The van der Waals surface area contributed by atoms with Crippen molar-refractivity contribution >= 4 is 29.1 Å². The number of imide groups is 1. The summed E-state index contributed by atoms with van der Waals surface area (Å²) in [4.78, 5) is 37.6. The molecule has 116 valence electrons. The summed E-state index contributed by atoms with van der Waals surface area (Å²) in [6.45, 7) is 1.22. The van der Waals surface area contributed by atoms with Crippen LogP contribution in [0.1, 0.15) is 19.3 Å². The van der Waals surface area contributed by atoms with Crippen molar-refractivity contribution < 1.29 is 18.8 Å². The van der Waals surface area contributed by atoms with Crippen LogP contribution in [0.25, 0.3) is 0 Å². The molecule has 0 unspecified atom stereocenters. The lowest BCUT2D eigenvalue weighted by atomic mass is 10.1. The van der Waals surface area contributed by atoms with Crippen molar-refractivity contribution in [1.82, 2.24) is 5.32 Å². The first kappa shape index (κ1) is 14.5. The molecule has 3 amide bonds. The van der Waals surface area contributed by atoms with E-state index in [0.29, 0.717) is 37.3 Å². The molecule has 2 heterocycles. The molecular weight excluding hydrogens is 289 g/mol. The molecule has 7 heteroatoms. The molecule has 0 saturated carbocycles. The molecule has 0 radical (unpaired) electrons. The van der Waals surface area contributed by atoms with Gasteiger partial charge in [-0.3, -0.25) is 19.8 Å². The Labute approximate surface area is 126 Å². The Bertz CT molecular complexity index is 637. The van der Waals surface area contributed by atoms with Crippen molar-refractivity contribution in [3.63, 3.8) is 0 Å². The molecule has 1 aromatic carbocycles. The summed E-state index contributed by atoms with van der Waals surface area (Å²) in [5, 5.41) is 2.24. The van der Waals surface area contributed by atoms with E-state index >= 15 is 0 Å². The first-order valence-electron chi connectivity index (χ1n) is 7.22. The van der Waals surface area contributed by atoms with Gasteiger partial charge in [-0.05, 0) is 18.2 Å². The monoisotopic (exact) mass is 305 g/mol. The van der Waals surface area contributed by atoms with E-state index in [1.807, 2.05) is 4.90 Å². The van der Waals surface area contributed by atoms with Crippen molar-refractivity contribution in [3.05, 3.63) is 24.0 Å². The predicted octanol–water partition coefficient (Wildman–Crippen LogP) is 1.44. The van der Waals surface area contributed by atoms with Crippen molar-refractivity contribution in [2.45, 2.75) is 19.3 Å². The van der Waals surface area contributed by atoms with Crippen LogP contribution in [0.5, 0.6) is 0 Å². The lowest BCUT2D eigenvalue weighted by molar-refractivity contribution is -0.120. The Morgan fingerprint density at radius 2 is 1.73 bits per heavy atom. The van der Waals surface area contributed by atoms with E-state index in [9.17, 15) is 18.8 Å². The summed E-state index contributed by atoms with van der Waals surface area (Å²) in [6, 6.07) is 3.93. The highest BCUT2D eigenvalue weighted by Gasteiger charge is 2.26. The molecule has 22 heavy (non-hydrogen) atoms. The molecule has 1 aromatic rings. The normalized spacial score (nSPS) is 19.4. The first-order chi connectivity index (χ1) is 10.5. The van der Waals surface area contributed by atoms with Gasteiger partial charge in [0, 0.05) is 44.6 Å². The number of hydrogen-bond donors (Lipinski definition) is 1. The van der Waals surface area contributed by atoms with Gasteiger partial charge in [0.05, 0.1) is 5.69 Å². The Morgan fingerprint density at radius 3 is 2.41 bits per heavy atom. The summed E-state index contributed by atoms with van der Waals surface area (Å²) in [5.41, 5.74) is 0.924. The van der Waals surface area contributed by atoms with Crippen LogP contribution in [-0.4, -0.2) is 37.4 Å². The standard InChI is InChI=1S/C15H16FN3O3/c16-12-2-1-10(19-8-5-14(21)17-15(19)22)9-13(12)18-6-3-11(20)4-7-18/h1-2,9H,3-8H2,(H,17,21,22). The molecule has 1 N–H and O–H groups in total. The average molecular weight is 305 g/mol. The molecule has 0 aliphatic carbocycles. The molecule has 0 bridgehead atoms. The van der Waals surface area contributed by atoms with E-state index in [1.165, 1.54) is 17.0 Å². The zero-order valence-corrected chi connectivity index (χ0v) is 12.0. The van der Waals surface area contributed by atoms with Gasteiger partial charge in [-0.1, -0.05) is 0 Å². The number of nitrogens with one attached hydrogen (secondary N) is 1. The molecule has 0 aromatic heterocycles. The van der Waals surface area contributed by atoms with Crippen molar-refractivity contribution in [1.29, 1.82) is 0 Å².